The molecular formula is C9H11BrN2O. The second-order valence-corrected chi connectivity index (χ2v) is 4.11. The average Bonchev–Trinajstić information content (AvgIpc) is 2.15. The normalized spacial score (nSPS) is 15.5. The van der Waals surface area contributed by atoms with Gasteiger partial charge in [-0.2, -0.15) is 0 Å². The third-order valence-electron chi connectivity index (χ3n) is 2.44. The van der Waals surface area contributed by atoms with Gasteiger partial charge in [-0.3, -0.25) is 4.79 Å². The molecule has 2 heterocycles. The van der Waals surface area contributed by atoms with E-state index in [0.717, 1.165) is 25.2 Å². The third-order valence-corrected chi connectivity index (χ3v) is 3.01. The summed E-state index contributed by atoms with van der Waals surface area (Å²) in [5.74, 6) is 0. The Kier molecular flexibility index (Phi) is 2.26. The summed E-state index contributed by atoms with van der Waals surface area (Å²) in [5, 5.41) is 3.28. The van der Waals surface area contributed by atoms with Gasteiger partial charge in [-0.25, -0.2) is 0 Å². The molecule has 0 amide bonds. The van der Waals surface area contributed by atoms with Gasteiger partial charge in [0.2, 0.25) is 0 Å². The maximum atomic E-state index is 11.5. The van der Waals surface area contributed by atoms with Crippen molar-refractivity contribution in [1.29, 1.82) is 0 Å². The first kappa shape index (κ1) is 8.97. The van der Waals surface area contributed by atoms with Gasteiger partial charge in [0.25, 0.3) is 5.56 Å². The van der Waals surface area contributed by atoms with Crippen LogP contribution in [0.2, 0.25) is 0 Å². The van der Waals surface area contributed by atoms with Gasteiger partial charge in [0, 0.05) is 32.3 Å². The SMILES string of the molecule is Cn1c2c(cc(Br)c1=O)CNCC2. The Morgan fingerprint density at radius 1 is 1.62 bits per heavy atom. The minimum Gasteiger partial charge on any atom is -0.314 e. The van der Waals surface area contributed by atoms with Gasteiger partial charge in [0.05, 0.1) is 4.47 Å². The highest BCUT2D eigenvalue weighted by atomic mass is 79.9. The second kappa shape index (κ2) is 3.27. The van der Waals surface area contributed by atoms with Crippen molar-refractivity contribution in [3.63, 3.8) is 0 Å². The maximum absolute atomic E-state index is 11.5. The van der Waals surface area contributed by atoms with Gasteiger partial charge in [-0.1, -0.05) is 0 Å². The van der Waals surface area contributed by atoms with Crippen LogP contribution in [-0.2, 0) is 20.0 Å². The van der Waals surface area contributed by atoms with E-state index in [4.69, 9.17) is 0 Å². The summed E-state index contributed by atoms with van der Waals surface area (Å²) < 4.78 is 2.39. The zero-order chi connectivity index (χ0) is 9.42. The topological polar surface area (TPSA) is 34.0 Å². The van der Waals surface area contributed by atoms with E-state index >= 15 is 0 Å². The fourth-order valence-corrected chi connectivity index (χ4v) is 2.25. The molecular weight excluding hydrogens is 232 g/mol. The van der Waals surface area contributed by atoms with Crippen molar-refractivity contribution in [1.82, 2.24) is 9.88 Å². The molecule has 0 saturated carbocycles. The number of halogens is 1. The van der Waals surface area contributed by atoms with E-state index in [1.807, 2.05) is 13.1 Å². The number of hydrogen-bond donors (Lipinski definition) is 1. The number of rotatable bonds is 0. The van der Waals surface area contributed by atoms with Crippen LogP contribution in [-0.4, -0.2) is 11.1 Å². The summed E-state index contributed by atoms with van der Waals surface area (Å²) in [6.45, 7) is 1.82. The molecule has 0 aliphatic carbocycles. The van der Waals surface area contributed by atoms with E-state index in [1.54, 1.807) is 4.57 Å². The molecule has 0 atom stereocenters. The Labute approximate surface area is 84.9 Å². The minimum atomic E-state index is 0.0562. The summed E-state index contributed by atoms with van der Waals surface area (Å²) >= 11 is 3.26. The molecule has 1 aliphatic heterocycles. The molecule has 0 unspecified atom stereocenters. The zero-order valence-electron chi connectivity index (χ0n) is 7.43. The van der Waals surface area contributed by atoms with Crippen LogP contribution in [0.5, 0.6) is 0 Å². The molecule has 2 rings (SSSR count). The van der Waals surface area contributed by atoms with E-state index in [9.17, 15) is 4.79 Å². The summed E-state index contributed by atoms with van der Waals surface area (Å²) in [7, 11) is 1.83. The highest BCUT2D eigenvalue weighted by Gasteiger charge is 2.13. The van der Waals surface area contributed by atoms with E-state index in [2.05, 4.69) is 21.2 Å². The molecule has 13 heavy (non-hydrogen) atoms. The van der Waals surface area contributed by atoms with Crippen LogP contribution in [0.3, 0.4) is 0 Å². The molecule has 0 aromatic carbocycles. The molecule has 3 nitrogen and oxygen atoms in total. The summed E-state index contributed by atoms with van der Waals surface area (Å²) in [4.78, 5) is 11.5. The lowest BCUT2D eigenvalue weighted by Gasteiger charge is -2.19. The largest absolute Gasteiger partial charge is 0.314 e. The molecule has 1 aromatic rings. The van der Waals surface area contributed by atoms with E-state index in [-0.39, 0.29) is 5.56 Å². The molecule has 0 fully saturated rings. The number of pyridine rings is 1. The fraction of sp³-hybridized carbons (Fsp3) is 0.444. The first-order valence-corrected chi connectivity index (χ1v) is 5.07. The lowest BCUT2D eigenvalue weighted by Crippen LogP contribution is -2.31. The van der Waals surface area contributed by atoms with Crippen molar-refractivity contribution >= 4 is 15.9 Å². The quantitative estimate of drug-likeness (QED) is 0.731. The van der Waals surface area contributed by atoms with Crippen molar-refractivity contribution in [3.05, 3.63) is 32.2 Å². The average molecular weight is 243 g/mol. The van der Waals surface area contributed by atoms with Crippen molar-refractivity contribution in [2.75, 3.05) is 6.54 Å². The Bertz CT molecular complexity index is 397. The number of nitrogens with zero attached hydrogens (tertiary/aromatic N) is 1. The van der Waals surface area contributed by atoms with Crippen LogP contribution in [0, 0.1) is 0 Å². The van der Waals surface area contributed by atoms with E-state index in [1.165, 1.54) is 5.56 Å². The number of aromatic nitrogens is 1. The van der Waals surface area contributed by atoms with Crippen LogP contribution >= 0.6 is 15.9 Å². The third kappa shape index (κ3) is 1.44. The standard InChI is InChI=1S/C9H11BrN2O/c1-12-8-2-3-11-5-6(8)4-7(10)9(12)13/h4,11H,2-3,5H2,1H3. The number of nitrogens with one attached hydrogen (secondary N) is 1. The van der Waals surface area contributed by atoms with E-state index in [0.29, 0.717) is 4.47 Å². The number of fused-ring (bicyclic) bond motifs is 1. The Hall–Kier alpha value is -0.610. The molecule has 1 N–H and O–H groups in total. The van der Waals surface area contributed by atoms with Gasteiger partial charge in [0.15, 0.2) is 0 Å². The lowest BCUT2D eigenvalue weighted by molar-refractivity contribution is 0.596. The fourth-order valence-electron chi connectivity index (χ4n) is 1.71. The van der Waals surface area contributed by atoms with E-state index < -0.39 is 0 Å². The van der Waals surface area contributed by atoms with Crippen LogP contribution < -0.4 is 10.9 Å². The van der Waals surface area contributed by atoms with Crippen molar-refractivity contribution in [3.8, 4) is 0 Å². The molecule has 70 valence electrons. The summed E-state index contributed by atoms with van der Waals surface area (Å²) in [6, 6.07) is 1.92. The highest BCUT2D eigenvalue weighted by Crippen LogP contribution is 2.15. The minimum absolute atomic E-state index is 0.0562. The van der Waals surface area contributed by atoms with Crippen molar-refractivity contribution in [2.24, 2.45) is 7.05 Å². The lowest BCUT2D eigenvalue weighted by atomic mass is 10.1. The van der Waals surface area contributed by atoms with Gasteiger partial charge in [-0.15, -0.1) is 0 Å². The zero-order valence-corrected chi connectivity index (χ0v) is 9.02. The Morgan fingerprint density at radius 3 is 3.15 bits per heavy atom. The van der Waals surface area contributed by atoms with Crippen LogP contribution in [0.25, 0.3) is 0 Å². The molecule has 0 spiro atoms. The molecule has 0 bridgehead atoms. The van der Waals surface area contributed by atoms with Gasteiger partial charge < -0.3 is 9.88 Å². The summed E-state index contributed by atoms with van der Waals surface area (Å²) in [6.07, 6.45) is 0.939. The Morgan fingerprint density at radius 2 is 2.38 bits per heavy atom. The first-order valence-electron chi connectivity index (χ1n) is 4.28. The maximum Gasteiger partial charge on any atom is 0.264 e. The predicted octanol–water partition coefficient (Wildman–Crippen LogP) is 0.794. The molecule has 1 aliphatic rings. The first-order chi connectivity index (χ1) is 6.20. The van der Waals surface area contributed by atoms with Gasteiger partial charge >= 0.3 is 0 Å². The van der Waals surface area contributed by atoms with Crippen molar-refractivity contribution < 1.29 is 0 Å². The Balaban J connectivity index is 2.67. The predicted molar refractivity (Wildman–Crippen MR) is 54.8 cm³/mol. The van der Waals surface area contributed by atoms with Crippen LogP contribution in [0.1, 0.15) is 11.3 Å². The van der Waals surface area contributed by atoms with Gasteiger partial charge in [-0.05, 0) is 27.6 Å². The highest BCUT2D eigenvalue weighted by molar-refractivity contribution is 9.10. The number of hydrogen-bond acceptors (Lipinski definition) is 2. The second-order valence-electron chi connectivity index (χ2n) is 3.26. The monoisotopic (exact) mass is 242 g/mol. The molecule has 0 radical (unpaired) electrons. The smallest absolute Gasteiger partial charge is 0.264 e. The molecule has 1 aromatic heterocycles. The van der Waals surface area contributed by atoms with Crippen LogP contribution in [0.15, 0.2) is 15.3 Å². The van der Waals surface area contributed by atoms with Crippen LogP contribution in [0.4, 0.5) is 0 Å². The molecule has 0 saturated heterocycles. The van der Waals surface area contributed by atoms with Gasteiger partial charge in [0.1, 0.15) is 0 Å². The van der Waals surface area contributed by atoms with Crippen molar-refractivity contribution in [2.45, 2.75) is 13.0 Å². The summed E-state index contributed by atoms with van der Waals surface area (Å²) in [5.41, 5.74) is 2.44. The molecule has 4 heteroatoms.